The Morgan fingerprint density at radius 3 is 2.21 bits per heavy atom. The summed E-state index contributed by atoms with van der Waals surface area (Å²) in [4.78, 5) is 11.9. The average molecular weight is 411 g/mol. The highest BCUT2D eigenvalue weighted by Crippen LogP contribution is 2.24. The second kappa shape index (κ2) is 9.29. The molecule has 29 heavy (non-hydrogen) atoms. The Morgan fingerprint density at radius 2 is 1.59 bits per heavy atom. The zero-order chi connectivity index (χ0) is 21.0. The molecule has 0 aliphatic rings. The number of halogens is 1. The highest BCUT2D eigenvalue weighted by molar-refractivity contribution is 6.30. The predicted molar refractivity (Wildman–Crippen MR) is 118 cm³/mol. The van der Waals surface area contributed by atoms with Gasteiger partial charge in [0, 0.05) is 35.1 Å². The third kappa shape index (κ3) is 5.08. The minimum Gasteiger partial charge on any atom is -0.478 e. The van der Waals surface area contributed by atoms with Gasteiger partial charge in [-0.25, -0.2) is 4.79 Å². The van der Waals surface area contributed by atoms with Crippen molar-refractivity contribution in [3.8, 4) is 0 Å². The SMILES string of the molecule is Cc1ccc(CCNCc2c(C(=O)O)c(C)n(Cc3ccc(Cl)cc3)c2C)cc1. The predicted octanol–water partition coefficient (Wildman–Crippen LogP) is 5.15. The first-order chi connectivity index (χ1) is 13.9. The van der Waals surface area contributed by atoms with Gasteiger partial charge < -0.3 is 15.0 Å². The van der Waals surface area contributed by atoms with Crippen LogP contribution in [0.2, 0.25) is 5.02 Å². The number of hydrogen-bond donors (Lipinski definition) is 2. The van der Waals surface area contributed by atoms with Crippen molar-refractivity contribution >= 4 is 17.6 Å². The van der Waals surface area contributed by atoms with E-state index in [0.717, 1.165) is 35.5 Å². The molecule has 0 aliphatic heterocycles. The van der Waals surface area contributed by atoms with Gasteiger partial charge in [0.25, 0.3) is 0 Å². The summed E-state index contributed by atoms with van der Waals surface area (Å²) in [6.45, 7) is 7.90. The van der Waals surface area contributed by atoms with E-state index in [1.54, 1.807) is 0 Å². The van der Waals surface area contributed by atoms with Gasteiger partial charge in [-0.1, -0.05) is 53.6 Å². The van der Waals surface area contributed by atoms with Gasteiger partial charge in [0.15, 0.2) is 0 Å². The zero-order valence-electron chi connectivity index (χ0n) is 17.1. The maximum atomic E-state index is 11.9. The van der Waals surface area contributed by atoms with Crippen molar-refractivity contribution in [3.63, 3.8) is 0 Å². The molecule has 0 bridgehead atoms. The first-order valence-electron chi connectivity index (χ1n) is 9.79. The van der Waals surface area contributed by atoms with Crippen LogP contribution in [0.4, 0.5) is 0 Å². The number of nitrogens with one attached hydrogen (secondary N) is 1. The number of carboxylic acids is 1. The summed E-state index contributed by atoms with van der Waals surface area (Å²) >= 11 is 5.98. The summed E-state index contributed by atoms with van der Waals surface area (Å²) in [5.74, 6) is -0.879. The molecule has 4 nitrogen and oxygen atoms in total. The molecule has 0 aliphatic carbocycles. The van der Waals surface area contributed by atoms with Crippen LogP contribution in [0.5, 0.6) is 0 Å². The number of benzene rings is 2. The summed E-state index contributed by atoms with van der Waals surface area (Å²) in [5, 5.41) is 13.9. The number of nitrogens with zero attached hydrogens (tertiary/aromatic N) is 1. The van der Waals surface area contributed by atoms with E-state index in [0.29, 0.717) is 23.7 Å². The molecule has 0 saturated carbocycles. The fraction of sp³-hybridized carbons (Fsp3) is 0.292. The van der Waals surface area contributed by atoms with Crippen LogP contribution in [0.25, 0.3) is 0 Å². The average Bonchev–Trinajstić information content (AvgIpc) is 2.92. The third-order valence-electron chi connectivity index (χ3n) is 5.39. The summed E-state index contributed by atoms with van der Waals surface area (Å²) in [7, 11) is 0. The Kier molecular flexibility index (Phi) is 6.78. The number of aryl methyl sites for hydroxylation is 1. The van der Waals surface area contributed by atoms with Gasteiger partial charge in [-0.2, -0.15) is 0 Å². The monoisotopic (exact) mass is 410 g/mol. The molecule has 0 saturated heterocycles. The molecule has 0 amide bonds. The van der Waals surface area contributed by atoms with Crippen molar-refractivity contribution in [2.45, 2.75) is 40.3 Å². The Balaban J connectivity index is 1.74. The first kappa shape index (κ1) is 21.2. The normalized spacial score (nSPS) is 11.0. The van der Waals surface area contributed by atoms with Gasteiger partial charge >= 0.3 is 5.97 Å². The maximum absolute atomic E-state index is 11.9. The molecule has 0 radical (unpaired) electrons. The first-order valence-corrected chi connectivity index (χ1v) is 10.2. The van der Waals surface area contributed by atoms with Crippen LogP contribution in [-0.4, -0.2) is 22.2 Å². The van der Waals surface area contributed by atoms with Crippen LogP contribution in [0.15, 0.2) is 48.5 Å². The molecule has 3 rings (SSSR count). The minimum atomic E-state index is -0.879. The van der Waals surface area contributed by atoms with Gasteiger partial charge in [-0.3, -0.25) is 0 Å². The topological polar surface area (TPSA) is 54.3 Å². The van der Waals surface area contributed by atoms with Gasteiger partial charge in [0.05, 0.1) is 5.56 Å². The van der Waals surface area contributed by atoms with E-state index >= 15 is 0 Å². The standard InChI is InChI=1S/C24H27ClN2O2/c1-16-4-6-19(7-5-16)12-13-26-14-22-17(2)27(18(3)23(22)24(28)29)15-20-8-10-21(25)11-9-20/h4-11,26H,12-15H2,1-3H3,(H,28,29). The molecule has 152 valence electrons. The van der Waals surface area contributed by atoms with Gasteiger partial charge in [0.1, 0.15) is 0 Å². The van der Waals surface area contributed by atoms with Crippen LogP contribution in [0.1, 0.15) is 44.0 Å². The molecule has 0 unspecified atom stereocenters. The minimum absolute atomic E-state index is 0.402. The quantitative estimate of drug-likeness (QED) is 0.505. The summed E-state index contributed by atoms with van der Waals surface area (Å²) in [6, 6.07) is 16.2. The van der Waals surface area contributed by atoms with Gasteiger partial charge in [-0.05, 0) is 57.0 Å². The lowest BCUT2D eigenvalue weighted by atomic mass is 10.1. The van der Waals surface area contributed by atoms with E-state index in [2.05, 4.69) is 41.1 Å². The Morgan fingerprint density at radius 1 is 0.966 bits per heavy atom. The zero-order valence-corrected chi connectivity index (χ0v) is 17.9. The summed E-state index contributed by atoms with van der Waals surface area (Å²) in [6.07, 6.45) is 0.909. The summed E-state index contributed by atoms with van der Waals surface area (Å²) < 4.78 is 2.07. The molecule has 0 spiro atoms. The lowest BCUT2D eigenvalue weighted by Gasteiger charge is -2.10. The molecule has 0 atom stereocenters. The van der Waals surface area contributed by atoms with Crippen molar-refractivity contribution in [1.29, 1.82) is 0 Å². The number of rotatable bonds is 8. The van der Waals surface area contributed by atoms with E-state index < -0.39 is 5.97 Å². The van der Waals surface area contributed by atoms with Gasteiger partial charge in [0.2, 0.25) is 0 Å². The van der Waals surface area contributed by atoms with Crippen LogP contribution >= 0.6 is 11.6 Å². The number of hydrogen-bond acceptors (Lipinski definition) is 2. The Bertz CT molecular complexity index is 989. The highest BCUT2D eigenvalue weighted by atomic mass is 35.5. The highest BCUT2D eigenvalue weighted by Gasteiger charge is 2.22. The lowest BCUT2D eigenvalue weighted by Crippen LogP contribution is -2.18. The number of carbonyl (C=O) groups is 1. The fourth-order valence-corrected chi connectivity index (χ4v) is 3.79. The van der Waals surface area contributed by atoms with Crippen LogP contribution in [0, 0.1) is 20.8 Å². The van der Waals surface area contributed by atoms with E-state index in [1.165, 1.54) is 11.1 Å². The maximum Gasteiger partial charge on any atom is 0.337 e. The van der Waals surface area contributed by atoms with Gasteiger partial charge in [-0.15, -0.1) is 0 Å². The number of carboxylic acid groups (broad SMARTS) is 1. The second-order valence-electron chi connectivity index (χ2n) is 7.45. The number of aromatic nitrogens is 1. The van der Waals surface area contributed by atoms with Crippen molar-refractivity contribution < 1.29 is 9.90 Å². The molecule has 2 N–H and O–H groups in total. The molecule has 3 aromatic rings. The van der Waals surface area contributed by atoms with Crippen molar-refractivity contribution in [2.24, 2.45) is 0 Å². The Hall–Kier alpha value is -2.56. The summed E-state index contributed by atoms with van der Waals surface area (Å²) in [5.41, 5.74) is 6.63. The third-order valence-corrected chi connectivity index (χ3v) is 5.64. The van der Waals surface area contributed by atoms with Crippen LogP contribution in [0.3, 0.4) is 0 Å². The van der Waals surface area contributed by atoms with E-state index in [9.17, 15) is 9.90 Å². The molecule has 5 heteroatoms. The molecule has 0 fully saturated rings. The van der Waals surface area contributed by atoms with Crippen molar-refractivity contribution in [3.05, 3.63) is 92.8 Å². The lowest BCUT2D eigenvalue weighted by molar-refractivity contribution is 0.0694. The fourth-order valence-electron chi connectivity index (χ4n) is 3.66. The van der Waals surface area contributed by atoms with E-state index in [1.807, 2.05) is 38.1 Å². The molecule has 1 heterocycles. The van der Waals surface area contributed by atoms with Crippen molar-refractivity contribution in [1.82, 2.24) is 9.88 Å². The molecular formula is C24H27ClN2O2. The molecule has 1 aromatic heterocycles. The second-order valence-corrected chi connectivity index (χ2v) is 7.89. The smallest absolute Gasteiger partial charge is 0.337 e. The molecular weight excluding hydrogens is 384 g/mol. The van der Waals surface area contributed by atoms with Crippen molar-refractivity contribution in [2.75, 3.05) is 6.54 Å². The largest absolute Gasteiger partial charge is 0.478 e. The number of aromatic carboxylic acids is 1. The van der Waals surface area contributed by atoms with E-state index in [-0.39, 0.29) is 0 Å². The molecule has 2 aromatic carbocycles. The van der Waals surface area contributed by atoms with Crippen LogP contribution < -0.4 is 5.32 Å². The van der Waals surface area contributed by atoms with E-state index in [4.69, 9.17) is 11.6 Å². The van der Waals surface area contributed by atoms with Crippen LogP contribution in [-0.2, 0) is 19.5 Å². The Labute approximate surface area is 177 Å².